The van der Waals surface area contributed by atoms with Crippen molar-refractivity contribution in [2.24, 2.45) is 18.4 Å². The number of H-pyrrole nitrogens is 1. The van der Waals surface area contributed by atoms with Gasteiger partial charge in [0.05, 0.1) is 35.0 Å². The molecule has 13 heteroatoms. The van der Waals surface area contributed by atoms with Gasteiger partial charge in [-0.1, -0.05) is 51.5 Å². The summed E-state index contributed by atoms with van der Waals surface area (Å²) in [6.07, 6.45) is 3.82. The fourth-order valence-corrected chi connectivity index (χ4v) is 9.36. The molecule has 1 aliphatic heterocycles. The first-order valence-corrected chi connectivity index (χ1v) is 19.7. The van der Waals surface area contributed by atoms with Crippen LogP contribution in [0.1, 0.15) is 69.5 Å². The number of aromatic amines is 1. The fourth-order valence-electron chi connectivity index (χ4n) is 7.36. The molecule has 3 heterocycles. The summed E-state index contributed by atoms with van der Waals surface area (Å²) in [6, 6.07) is 15.0. The normalized spacial score (nSPS) is 19.4. The van der Waals surface area contributed by atoms with Crippen LogP contribution in [-0.4, -0.2) is 64.0 Å². The molecule has 0 radical (unpaired) electrons. The largest absolute Gasteiger partial charge is 0.463 e. The highest BCUT2D eigenvalue weighted by molar-refractivity contribution is 7.91. The number of sulfone groups is 1. The van der Waals surface area contributed by atoms with Crippen molar-refractivity contribution in [2.45, 2.75) is 65.2 Å². The highest BCUT2D eigenvalue weighted by atomic mass is 32.2. The third kappa shape index (κ3) is 8.31. The smallest absolute Gasteiger partial charge is 0.309 e. The number of carbonyl (C=O) groups excluding carboxylic acids is 1. The van der Waals surface area contributed by atoms with Gasteiger partial charge in [0.2, 0.25) is 0 Å². The molecule has 282 valence electrons. The maximum Gasteiger partial charge on any atom is 0.309 e. The number of aliphatic hydroxyl groups excluding tert-OH is 1. The molecule has 0 aliphatic carbocycles. The van der Waals surface area contributed by atoms with Crippen LogP contribution in [0.2, 0.25) is 0 Å². The molecule has 53 heavy (non-hydrogen) atoms. The van der Waals surface area contributed by atoms with Gasteiger partial charge >= 0.3 is 5.97 Å². The number of fused-ring (bicyclic) bond motifs is 8. The number of aromatic nitrogens is 4. The zero-order valence-corrected chi connectivity index (χ0v) is 31.5. The van der Waals surface area contributed by atoms with Gasteiger partial charge in [0.15, 0.2) is 33.1 Å². The van der Waals surface area contributed by atoms with Crippen LogP contribution in [0.15, 0.2) is 60.8 Å². The first-order chi connectivity index (χ1) is 25.1. The number of hydrogen-bond acceptors (Lipinski definition) is 8. The summed E-state index contributed by atoms with van der Waals surface area (Å²) in [7, 11) is -1.92. The molecular formula is C40H46F2N4O6S. The lowest BCUT2D eigenvalue weighted by atomic mass is 9.75. The van der Waals surface area contributed by atoms with Crippen LogP contribution >= 0.6 is 0 Å². The number of halogens is 2. The molecule has 0 amide bonds. The lowest BCUT2D eigenvalue weighted by molar-refractivity contribution is -0.148. The third-order valence-electron chi connectivity index (χ3n) is 10.2. The number of hydrogen-bond donors (Lipinski definition) is 2. The summed E-state index contributed by atoms with van der Waals surface area (Å²) in [5, 5.41) is 14.5. The maximum absolute atomic E-state index is 15.7. The van der Waals surface area contributed by atoms with Gasteiger partial charge in [-0.3, -0.25) is 4.79 Å². The first kappa shape index (κ1) is 38.1. The van der Waals surface area contributed by atoms with Crippen LogP contribution in [0.4, 0.5) is 8.78 Å². The minimum Gasteiger partial charge on any atom is -0.463 e. The van der Waals surface area contributed by atoms with Crippen LogP contribution in [0.3, 0.4) is 0 Å². The van der Waals surface area contributed by atoms with Crippen LogP contribution in [0.5, 0.6) is 11.5 Å². The van der Waals surface area contributed by atoms with E-state index in [-0.39, 0.29) is 54.0 Å². The number of ether oxygens (including phenoxy) is 2. The predicted molar refractivity (Wildman–Crippen MR) is 199 cm³/mol. The number of nitrogens with zero attached hydrogens (tertiary/aromatic N) is 3. The second-order valence-electron chi connectivity index (χ2n) is 15.1. The van der Waals surface area contributed by atoms with Crippen LogP contribution < -0.4 is 4.74 Å². The molecule has 0 saturated heterocycles. The lowest BCUT2D eigenvalue weighted by Gasteiger charge is -2.31. The number of benzene rings is 3. The highest BCUT2D eigenvalue weighted by Crippen LogP contribution is 2.41. The Bertz CT molecular complexity index is 2250. The second-order valence-corrected chi connectivity index (χ2v) is 17.3. The first-order valence-electron chi connectivity index (χ1n) is 17.8. The molecule has 0 fully saturated rings. The SMILES string of the molecule is C[C@@H](Cc1cccc(C2(C)CCCC(C)(C)CS(=O)(=O)CCc3c(c(F)cc4[nH]ccc34)Oc3ccc(F)c(c3)-c3nc2nn3C)c1)C(=O)OCCO. The Labute approximate surface area is 308 Å². The van der Waals surface area contributed by atoms with Crippen LogP contribution in [0, 0.1) is 23.0 Å². The van der Waals surface area contributed by atoms with Gasteiger partial charge < -0.3 is 19.6 Å². The average molecular weight is 749 g/mol. The minimum absolute atomic E-state index is 0.0206. The summed E-state index contributed by atoms with van der Waals surface area (Å²) in [5.41, 5.74) is 1.39. The molecule has 1 unspecified atom stereocenters. The van der Waals surface area contributed by atoms with Gasteiger partial charge in [0, 0.05) is 35.8 Å². The lowest BCUT2D eigenvalue weighted by Crippen LogP contribution is -2.29. The molecular weight excluding hydrogens is 703 g/mol. The Morgan fingerprint density at radius 1 is 1.09 bits per heavy atom. The molecule has 1 aliphatic rings. The van der Waals surface area contributed by atoms with E-state index in [0.29, 0.717) is 48.0 Å². The van der Waals surface area contributed by atoms with E-state index in [4.69, 9.17) is 24.7 Å². The minimum atomic E-state index is -3.60. The average Bonchev–Trinajstić information content (AvgIpc) is 3.73. The van der Waals surface area contributed by atoms with Crippen molar-refractivity contribution in [2.75, 3.05) is 24.7 Å². The summed E-state index contributed by atoms with van der Waals surface area (Å²) in [5.74, 6) is -1.67. The third-order valence-corrected chi connectivity index (χ3v) is 12.2. The van der Waals surface area contributed by atoms with Crippen molar-refractivity contribution in [3.8, 4) is 22.9 Å². The van der Waals surface area contributed by atoms with Crippen molar-refractivity contribution in [1.82, 2.24) is 19.7 Å². The van der Waals surface area contributed by atoms with E-state index in [0.717, 1.165) is 11.1 Å². The zero-order valence-electron chi connectivity index (χ0n) is 30.7. The van der Waals surface area contributed by atoms with E-state index < -0.39 is 44.2 Å². The number of esters is 1. The van der Waals surface area contributed by atoms with Gasteiger partial charge in [-0.25, -0.2) is 26.9 Å². The van der Waals surface area contributed by atoms with E-state index in [9.17, 15) is 13.2 Å². The summed E-state index contributed by atoms with van der Waals surface area (Å²) < 4.78 is 71.5. The van der Waals surface area contributed by atoms with E-state index in [1.807, 2.05) is 45.0 Å². The fraction of sp³-hybridized carbons (Fsp3) is 0.425. The molecule has 2 aromatic heterocycles. The van der Waals surface area contributed by atoms with Crippen molar-refractivity contribution >= 4 is 26.7 Å². The number of aryl methyl sites for hydroxylation is 2. The summed E-state index contributed by atoms with van der Waals surface area (Å²) >= 11 is 0. The number of aliphatic hydroxyl groups is 1. The van der Waals surface area contributed by atoms with Gasteiger partial charge in [0.25, 0.3) is 0 Å². The van der Waals surface area contributed by atoms with Crippen molar-refractivity contribution in [3.05, 3.63) is 94.9 Å². The Morgan fingerprint density at radius 3 is 2.66 bits per heavy atom. The highest BCUT2D eigenvalue weighted by Gasteiger charge is 2.36. The van der Waals surface area contributed by atoms with Gasteiger partial charge in [0.1, 0.15) is 18.2 Å². The number of nitrogens with one attached hydrogen (secondary N) is 1. The Balaban J connectivity index is 1.45. The number of rotatable bonds is 6. The molecule has 5 aromatic rings. The van der Waals surface area contributed by atoms with Gasteiger partial charge in [-0.15, -0.1) is 0 Å². The van der Waals surface area contributed by atoms with Crippen LogP contribution in [0.25, 0.3) is 22.3 Å². The Morgan fingerprint density at radius 2 is 1.89 bits per heavy atom. The standard InChI is InChI=1S/C40H46F2N4O6S/c1-25(37(48)51-18-17-47)20-26-8-6-9-27(21-26)40(4)15-7-14-39(2,3)24-53(49,50)19-13-30-29-12-16-43-34(29)23-33(42)35(30)52-28-10-11-32(41)31(22-28)36-44-38(40)45-46(36)5/h6,8-12,16,21-23,25,43,47H,7,13-15,17-20,24H2,1-5H3/t25-,40?/m0/s1. The van der Waals surface area contributed by atoms with E-state index in [1.54, 1.807) is 26.2 Å². The Kier molecular flexibility index (Phi) is 10.8. The monoisotopic (exact) mass is 748 g/mol. The molecule has 10 nitrogen and oxygen atoms in total. The van der Waals surface area contributed by atoms with E-state index in [2.05, 4.69) is 4.98 Å². The predicted octanol–water partition coefficient (Wildman–Crippen LogP) is 7.22. The quantitative estimate of drug-likeness (QED) is 0.174. The number of carbonyl (C=O) groups is 1. The van der Waals surface area contributed by atoms with Crippen LogP contribution in [-0.2, 0) is 44.7 Å². The molecule has 2 atom stereocenters. The van der Waals surface area contributed by atoms with Crippen molar-refractivity contribution in [1.29, 1.82) is 0 Å². The summed E-state index contributed by atoms with van der Waals surface area (Å²) in [4.78, 5) is 20.4. The molecule has 0 saturated carbocycles. The Hall–Kier alpha value is -4.62. The zero-order chi connectivity index (χ0) is 38.1. The molecule has 6 rings (SSSR count). The second kappa shape index (κ2) is 15.0. The maximum atomic E-state index is 15.7. The van der Waals surface area contributed by atoms with E-state index in [1.165, 1.54) is 28.9 Å². The summed E-state index contributed by atoms with van der Waals surface area (Å²) in [6.45, 7) is 7.34. The molecule has 2 N–H and O–H groups in total. The topological polar surface area (TPSA) is 136 Å². The molecule has 0 spiro atoms. The van der Waals surface area contributed by atoms with E-state index >= 15 is 8.78 Å². The van der Waals surface area contributed by atoms with Crippen molar-refractivity contribution in [3.63, 3.8) is 0 Å². The molecule has 4 bridgehead atoms. The van der Waals surface area contributed by atoms with Gasteiger partial charge in [-0.2, -0.15) is 5.10 Å². The molecule has 3 aromatic carbocycles. The van der Waals surface area contributed by atoms with Gasteiger partial charge in [-0.05, 0) is 73.4 Å². The van der Waals surface area contributed by atoms with Crippen molar-refractivity contribution < 1.29 is 36.6 Å².